The molecule has 0 saturated carbocycles. The summed E-state index contributed by atoms with van der Waals surface area (Å²) in [6.07, 6.45) is -8.03. The molecule has 0 saturated heterocycles. The maximum absolute atomic E-state index is 12.9. The Bertz CT molecular complexity index is 396. The number of halogens is 5. The largest absolute Gasteiger partial charge is 0.490 e. The molecule has 1 nitrogen and oxygen atoms in total. The smallest absolute Gasteiger partial charge is 0.453 e. The van der Waals surface area contributed by atoms with Crippen LogP contribution in [0.1, 0.15) is 25.3 Å². The van der Waals surface area contributed by atoms with Gasteiger partial charge in [-0.2, -0.15) is 22.0 Å². The highest BCUT2D eigenvalue weighted by molar-refractivity contribution is 5.26. The van der Waals surface area contributed by atoms with E-state index in [0.29, 0.717) is 0 Å². The Morgan fingerprint density at radius 2 is 1.58 bits per heavy atom. The minimum absolute atomic E-state index is 0.0690. The van der Waals surface area contributed by atoms with E-state index < -0.39 is 24.6 Å². The average molecular weight is 282 g/mol. The van der Waals surface area contributed by atoms with Crippen molar-refractivity contribution in [3.63, 3.8) is 0 Å². The summed E-state index contributed by atoms with van der Waals surface area (Å²) in [4.78, 5) is 0. The Kier molecular flexibility index (Phi) is 4.76. The van der Waals surface area contributed by atoms with Gasteiger partial charge in [0, 0.05) is 0 Å². The summed E-state index contributed by atoms with van der Waals surface area (Å²) >= 11 is 0. The van der Waals surface area contributed by atoms with Crippen molar-refractivity contribution >= 4 is 0 Å². The monoisotopic (exact) mass is 282 g/mol. The molecule has 1 unspecified atom stereocenters. The van der Waals surface area contributed by atoms with Crippen LogP contribution in [0, 0.1) is 6.92 Å². The van der Waals surface area contributed by atoms with Crippen molar-refractivity contribution in [1.29, 1.82) is 0 Å². The molecule has 0 radical (unpaired) electrons. The van der Waals surface area contributed by atoms with Gasteiger partial charge in [-0.05, 0) is 25.5 Å². The molecule has 0 N–H and O–H groups in total. The van der Waals surface area contributed by atoms with Crippen LogP contribution in [-0.2, 0) is 0 Å². The second-order valence-corrected chi connectivity index (χ2v) is 4.37. The SMILES string of the molecule is CCC(CC(F)(F)C(F)(F)F)Oc1ccc(C)cc1. The summed E-state index contributed by atoms with van der Waals surface area (Å²) in [6.45, 7) is 3.34. The minimum atomic E-state index is -5.54. The van der Waals surface area contributed by atoms with E-state index >= 15 is 0 Å². The van der Waals surface area contributed by atoms with Crippen LogP contribution in [-0.4, -0.2) is 18.2 Å². The van der Waals surface area contributed by atoms with Gasteiger partial charge in [-0.25, -0.2) is 0 Å². The molecule has 0 aliphatic rings. The third-order valence-electron chi connectivity index (χ3n) is 2.68. The quantitative estimate of drug-likeness (QED) is 0.709. The molecule has 0 heterocycles. The van der Waals surface area contributed by atoms with E-state index in [4.69, 9.17) is 4.74 Å². The molecule has 1 aromatic carbocycles. The van der Waals surface area contributed by atoms with Gasteiger partial charge in [0.05, 0.1) is 6.42 Å². The van der Waals surface area contributed by atoms with Crippen LogP contribution >= 0.6 is 0 Å². The van der Waals surface area contributed by atoms with E-state index in [9.17, 15) is 22.0 Å². The molecule has 0 aromatic heterocycles. The summed E-state index contributed by atoms with van der Waals surface area (Å²) in [5.41, 5.74) is 0.945. The lowest BCUT2D eigenvalue weighted by molar-refractivity contribution is -0.289. The second-order valence-electron chi connectivity index (χ2n) is 4.37. The van der Waals surface area contributed by atoms with Gasteiger partial charge in [0.1, 0.15) is 11.9 Å². The lowest BCUT2D eigenvalue weighted by atomic mass is 10.1. The Balaban J connectivity index is 2.72. The Labute approximate surface area is 108 Å². The molecule has 1 rings (SSSR count). The van der Waals surface area contributed by atoms with Gasteiger partial charge in [-0.3, -0.25) is 0 Å². The van der Waals surface area contributed by atoms with Gasteiger partial charge in [0.25, 0.3) is 0 Å². The molecule has 0 fully saturated rings. The molecule has 1 aromatic rings. The van der Waals surface area contributed by atoms with Crippen LogP contribution in [0.25, 0.3) is 0 Å². The molecule has 6 heteroatoms. The van der Waals surface area contributed by atoms with Crippen LogP contribution in [0.5, 0.6) is 5.75 Å². The standard InChI is InChI=1S/C13H15F5O/c1-3-10(8-12(14,15)13(16,17)18)19-11-6-4-9(2)5-7-11/h4-7,10H,3,8H2,1-2H3. The Hall–Kier alpha value is -1.33. The normalized spacial score (nSPS) is 14.3. The predicted molar refractivity (Wildman–Crippen MR) is 61.5 cm³/mol. The van der Waals surface area contributed by atoms with Crippen LogP contribution in [0.15, 0.2) is 24.3 Å². The molecule has 0 spiro atoms. The van der Waals surface area contributed by atoms with Crippen molar-refractivity contribution < 1.29 is 26.7 Å². The zero-order valence-corrected chi connectivity index (χ0v) is 10.6. The molecule has 0 amide bonds. The molecule has 108 valence electrons. The topological polar surface area (TPSA) is 9.23 Å². The molecule has 1 atom stereocenters. The number of hydrogen-bond donors (Lipinski definition) is 0. The first kappa shape index (κ1) is 15.7. The van der Waals surface area contributed by atoms with Crippen LogP contribution in [0.3, 0.4) is 0 Å². The number of rotatable bonds is 5. The summed E-state index contributed by atoms with van der Waals surface area (Å²) in [5, 5.41) is 0. The van der Waals surface area contributed by atoms with Gasteiger partial charge < -0.3 is 4.74 Å². The summed E-state index contributed by atoms with van der Waals surface area (Å²) in [5.74, 6) is -4.45. The highest BCUT2D eigenvalue weighted by Crippen LogP contribution is 2.39. The first-order valence-corrected chi connectivity index (χ1v) is 5.83. The molecule has 19 heavy (non-hydrogen) atoms. The fourth-order valence-electron chi connectivity index (χ4n) is 1.48. The summed E-state index contributed by atoms with van der Waals surface area (Å²) in [7, 11) is 0. The van der Waals surface area contributed by atoms with Crippen molar-refractivity contribution in [2.24, 2.45) is 0 Å². The lowest BCUT2D eigenvalue weighted by Crippen LogP contribution is -2.40. The Morgan fingerprint density at radius 1 is 1.05 bits per heavy atom. The van der Waals surface area contributed by atoms with E-state index in [1.165, 1.54) is 6.92 Å². The van der Waals surface area contributed by atoms with E-state index in [1.54, 1.807) is 24.3 Å². The van der Waals surface area contributed by atoms with Crippen LogP contribution in [0.2, 0.25) is 0 Å². The van der Waals surface area contributed by atoms with Crippen LogP contribution < -0.4 is 4.74 Å². The summed E-state index contributed by atoms with van der Waals surface area (Å²) < 4.78 is 67.4. The number of alkyl halides is 5. The zero-order valence-electron chi connectivity index (χ0n) is 10.6. The fourth-order valence-corrected chi connectivity index (χ4v) is 1.48. The lowest BCUT2D eigenvalue weighted by Gasteiger charge is -2.25. The molecule has 0 aliphatic heterocycles. The van der Waals surface area contributed by atoms with Gasteiger partial charge >= 0.3 is 12.1 Å². The van der Waals surface area contributed by atoms with Crippen molar-refractivity contribution in [2.75, 3.05) is 0 Å². The first-order valence-electron chi connectivity index (χ1n) is 5.83. The Morgan fingerprint density at radius 3 is 2.00 bits per heavy atom. The number of benzene rings is 1. The maximum Gasteiger partial charge on any atom is 0.453 e. The predicted octanol–water partition coefficient (Wildman–Crippen LogP) is 4.74. The van der Waals surface area contributed by atoms with Gasteiger partial charge in [-0.15, -0.1) is 0 Å². The van der Waals surface area contributed by atoms with Gasteiger partial charge in [0.15, 0.2) is 0 Å². The molecule has 0 aliphatic carbocycles. The molecular weight excluding hydrogens is 267 g/mol. The van der Waals surface area contributed by atoms with Gasteiger partial charge in [-0.1, -0.05) is 24.6 Å². The minimum Gasteiger partial charge on any atom is -0.490 e. The maximum atomic E-state index is 12.9. The van der Waals surface area contributed by atoms with E-state index in [0.717, 1.165) is 5.56 Å². The van der Waals surface area contributed by atoms with Crippen molar-refractivity contribution in [3.05, 3.63) is 29.8 Å². The van der Waals surface area contributed by atoms with E-state index in [2.05, 4.69) is 0 Å². The molecular formula is C13H15F5O. The highest BCUT2D eigenvalue weighted by atomic mass is 19.4. The molecule has 0 bridgehead atoms. The first-order chi connectivity index (χ1) is 8.65. The zero-order chi connectivity index (χ0) is 14.7. The summed E-state index contributed by atoms with van der Waals surface area (Å²) in [6, 6.07) is 6.49. The van der Waals surface area contributed by atoms with Crippen LogP contribution in [0.4, 0.5) is 22.0 Å². The number of hydrogen-bond acceptors (Lipinski definition) is 1. The highest BCUT2D eigenvalue weighted by Gasteiger charge is 2.58. The van der Waals surface area contributed by atoms with E-state index in [-0.39, 0.29) is 12.2 Å². The number of aryl methyl sites for hydroxylation is 1. The van der Waals surface area contributed by atoms with Crippen molar-refractivity contribution in [1.82, 2.24) is 0 Å². The van der Waals surface area contributed by atoms with E-state index in [1.807, 2.05) is 6.92 Å². The third-order valence-corrected chi connectivity index (χ3v) is 2.68. The average Bonchev–Trinajstić information content (AvgIpc) is 2.29. The second kappa shape index (κ2) is 5.75. The van der Waals surface area contributed by atoms with Gasteiger partial charge in [0.2, 0.25) is 0 Å². The van der Waals surface area contributed by atoms with Crippen molar-refractivity contribution in [3.8, 4) is 5.75 Å². The third kappa shape index (κ3) is 4.36. The number of ether oxygens (including phenoxy) is 1. The van der Waals surface area contributed by atoms with Crippen molar-refractivity contribution in [2.45, 2.75) is 44.9 Å². The fraction of sp³-hybridized carbons (Fsp3) is 0.538.